The molecule has 146 valence electrons. The van der Waals surface area contributed by atoms with E-state index in [1.54, 1.807) is 15.6 Å². The number of benzene rings is 1. The summed E-state index contributed by atoms with van der Waals surface area (Å²) < 4.78 is 33.8. The third-order valence-corrected chi connectivity index (χ3v) is 7.78. The van der Waals surface area contributed by atoms with Gasteiger partial charge in [0.05, 0.1) is 35.7 Å². The molecule has 0 saturated carbocycles. The summed E-state index contributed by atoms with van der Waals surface area (Å²) in [5, 5.41) is 3.16. The highest BCUT2D eigenvalue weighted by molar-refractivity contribution is 7.88. The fourth-order valence-corrected chi connectivity index (χ4v) is 6.35. The summed E-state index contributed by atoms with van der Waals surface area (Å²) in [7, 11) is -3.39. The van der Waals surface area contributed by atoms with Crippen LogP contribution in [-0.2, 0) is 27.1 Å². The first-order valence-electron chi connectivity index (χ1n) is 9.24. The third kappa shape index (κ3) is 4.57. The van der Waals surface area contributed by atoms with Crippen molar-refractivity contribution in [1.29, 1.82) is 0 Å². The van der Waals surface area contributed by atoms with Crippen LogP contribution in [0.1, 0.15) is 16.3 Å². The zero-order valence-electron chi connectivity index (χ0n) is 15.5. The van der Waals surface area contributed by atoms with E-state index in [4.69, 9.17) is 4.74 Å². The van der Waals surface area contributed by atoms with Crippen molar-refractivity contribution in [2.75, 3.05) is 32.8 Å². The zero-order valence-corrected chi connectivity index (χ0v) is 17.1. The number of aryl methyl sites for hydroxylation is 1. The highest BCUT2D eigenvalue weighted by Crippen LogP contribution is 2.25. The van der Waals surface area contributed by atoms with E-state index in [0.717, 1.165) is 29.4 Å². The largest absolute Gasteiger partial charge is 0.379 e. The van der Waals surface area contributed by atoms with E-state index < -0.39 is 10.0 Å². The Morgan fingerprint density at radius 3 is 2.74 bits per heavy atom. The molecule has 27 heavy (non-hydrogen) atoms. The molecule has 3 heterocycles. The average molecular weight is 408 g/mol. The summed E-state index contributed by atoms with van der Waals surface area (Å²) in [5.41, 5.74) is 1.89. The second kappa shape index (κ2) is 7.97. The fourth-order valence-electron chi connectivity index (χ4n) is 3.95. The predicted molar refractivity (Wildman–Crippen MR) is 106 cm³/mol. The molecular weight excluding hydrogens is 382 g/mol. The van der Waals surface area contributed by atoms with Crippen molar-refractivity contribution in [3.05, 3.63) is 52.0 Å². The maximum absolute atomic E-state index is 13.2. The van der Waals surface area contributed by atoms with E-state index in [1.165, 1.54) is 0 Å². The Morgan fingerprint density at radius 1 is 1.19 bits per heavy atom. The number of fused-ring (bicyclic) bond motifs is 3. The van der Waals surface area contributed by atoms with Crippen molar-refractivity contribution in [1.82, 2.24) is 14.2 Å². The van der Waals surface area contributed by atoms with Gasteiger partial charge in [-0.25, -0.2) is 13.4 Å². The number of ether oxygens (including phenoxy) is 1. The second-order valence-corrected chi connectivity index (χ2v) is 10.4. The van der Waals surface area contributed by atoms with Crippen LogP contribution in [0.4, 0.5) is 0 Å². The van der Waals surface area contributed by atoms with E-state index >= 15 is 0 Å². The van der Waals surface area contributed by atoms with Gasteiger partial charge in [-0.3, -0.25) is 4.90 Å². The molecule has 2 saturated heterocycles. The molecule has 2 aromatic rings. The highest BCUT2D eigenvalue weighted by atomic mass is 32.2. The number of aromatic nitrogens is 1. The summed E-state index contributed by atoms with van der Waals surface area (Å²) in [6.07, 6.45) is 0. The van der Waals surface area contributed by atoms with Crippen LogP contribution in [0.2, 0.25) is 0 Å². The standard InChI is InChI=1S/C19H25N3O3S2/c1-15-20-18(13-26-15)9-21-7-17-8-22(19(10-21)12-25-11-17)27(23,24)14-16-5-3-2-4-6-16/h2-6,13,17,19H,7-12,14H2,1H3/t17-,19-/m0/s1. The van der Waals surface area contributed by atoms with Crippen molar-refractivity contribution in [3.8, 4) is 0 Å². The molecule has 1 aromatic carbocycles. The molecule has 0 radical (unpaired) electrons. The van der Waals surface area contributed by atoms with Gasteiger partial charge in [0, 0.05) is 37.5 Å². The van der Waals surface area contributed by atoms with Gasteiger partial charge in [-0.2, -0.15) is 4.31 Å². The molecule has 1 aromatic heterocycles. The minimum absolute atomic E-state index is 0.0440. The first-order chi connectivity index (χ1) is 13.0. The topological polar surface area (TPSA) is 62.7 Å². The summed E-state index contributed by atoms with van der Waals surface area (Å²) >= 11 is 1.66. The van der Waals surface area contributed by atoms with Crippen molar-refractivity contribution in [2.24, 2.45) is 5.92 Å². The number of sulfonamides is 1. The van der Waals surface area contributed by atoms with Crippen LogP contribution in [0.25, 0.3) is 0 Å². The lowest BCUT2D eigenvalue weighted by molar-refractivity contribution is 0.0559. The van der Waals surface area contributed by atoms with Crippen molar-refractivity contribution in [2.45, 2.75) is 25.3 Å². The van der Waals surface area contributed by atoms with Crippen LogP contribution in [0, 0.1) is 12.8 Å². The average Bonchev–Trinajstić information content (AvgIpc) is 2.81. The predicted octanol–water partition coefficient (Wildman–Crippen LogP) is 2.11. The molecular formula is C19H25N3O3S2. The van der Waals surface area contributed by atoms with Gasteiger partial charge in [0.15, 0.2) is 0 Å². The highest BCUT2D eigenvalue weighted by Gasteiger charge is 2.39. The van der Waals surface area contributed by atoms with Crippen LogP contribution in [0.5, 0.6) is 0 Å². The Bertz CT molecular complexity index is 869. The molecule has 0 N–H and O–H groups in total. The Morgan fingerprint density at radius 2 is 2.00 bits per heavy atom. The summed E-state index contributed by atoms with van der Waals surface area (Å²) in [5.74, 6) is 0.227. The normalized spacial score (nSPS) is 24.6. The minimum atomic E-state index is -3.39. The van der Waals surface area contributed by atoms with Gasteiger partial charge in [0.2, 0.25) is 10.0 Å². The molecule has 2 aliphatic heterocycles. The Balaban J connectivity index is 1.52. The molecule has 8 heteroatoms. The van der Waals surface area contributed by atoms with Crippen LogP contribution >= 0.6 is 11.3 Å². The Kier molecular flexibility index (Phi) is 5.61. The summed E-state index contributed by atoms with van der Waals surface area (Å²) in [4.78, 5) is 6.90. The van der Waals surface area contributed by atoms with Crippen LogP contribution in [0.15, 0.2) is 35.7 Å². The van der Waals surface area contributed by atoms with Gasteiger partial charge in [0.25, 0.3) is 0 Å². The van der Waals surface area contributed by atoms with Gasteiger partial charge in [-0.15, -0.1) is 11.3 Å². The lowest BCUT2D eigenvalue weighted by Crippen LogP contribution is -2.46. The van der Waals surface area contributed by atoms with Crippen molar-refractivity contribution >= 4 is 21.4 Å². The monoisotopic (exact) mass is 407 g/mol. The maximum atomic E-state index is 13.2. The van der Waals surface area contributed by atoms with Gasteiger partial charge >= 0.3 is 0 Å². The molecule has 4 rings (SSSR count). The van der Waals surface area contributed by atoms with Gasteiger partial charge < -0.3 is 4.74 Å². The van der Waals surface area contributed by atoms with Crippen LogP contribution < -0.4 is 0 Å². The van der Waals surface area contributed by atoms with E-state index in [-0.39, 0.29) is 17.7 Å². The second-order valence-electron chi connectivity index (χ2n) is 7.42. The van der Waals surface area contributed by atoms with Crippen LogP contribution in [-0.4, -0.2) is 61.5 Å². The lowest BCUT2D eigenvalue weighted by atomic mass is 10.1. The quantitative estimate of drug-likeness (QED) is 0.760. The smallest absolute Gasteiger partial charge is 0.218 e. The number of rotatable bonds is 5. The van der Waals surface area contributed by atoms with Gasteiger partial charge in [-0.05, 0) is 12.5 Å². The van der Waals surface area contributed by atoms with E-state index in [0.29, 0.717) is 26.3 Å². The molecule has 2 aliphatic rings. The summed E-state index contributed by atoms with van der Waals surface area (Å²) in [6, 6.07) is 9.26. The van der Waals surface area contributed by atoms with E-state index in [9.17, 15) is 8.42 Å². The zero-order chi connectivity index (χ0) is 18.9. The van der Waals surface area contributed by atoms with E-state index in [2.05, 4.69) is 15.3 Å². The maximum Gasteiger partial charge on any atom is 0.218 e. The minimum Gasteiger partial charge on any atom is -0.379 e. The SMILES string of the molecule is Cc1nc(CN2C[C@@H]3COC[C@H](C2)N(S(=O)(=O)Cc2ccccc2)C3)cs1. The van der Waals surface area contributed by atoms with Gasteiger partial charge in [0.1, 0.15) is 0 Å². The van der Waals surface area contributed by atoms with Crippen molar-refractivity contribution in [3.63, 3.8) is 0 Å². The Hall–Kier alpha value is -1.32. The summed E-state index contributed by atoms with van der Waals surface area (Å²) in [6.45, 7) is 5.90. The number of thiazole rings is 1. The lowest BCUT2D eigenvalue weighted by Gasteiger charge is -2.30. The molecule has 0 unspecified atom stereocenters. The van der Waals surface area contributed by atoms with Gasteiger partial charge in [-0.1, -0.05) is 30.3 Å². The number of hydrogen-bond donors (Lipinski definition) is 0. The molecule has 0 spiro atoms. The molecule has 0 aliphatic carbocycles. The molecule has 2 fully saturated rings. The number of hydrogen-bond acceptors (Lipinski definition) is 6. The van der Waals surface area contributed by atoms with Crippen LogP contribution in [0.3, 0.4) is 0 Å². The number of nitrogens with zero attached hydrogens (tertiary/aromatic N) is 3. The molecule has 0 amide bonds. The fraction of sp³-hybridized carbons (Fsp3) is 0.526. The first-order valence-corrected chi connectivity index (χ1v) is 11.7. The first kappa shape index (κ1) is 19.0. The molecule has 2 atom stereocenters. The Labute approximate surface area is 164 Å². The van der Waals surface area contributed by atoms with E-state index in [1.807, 2.05) is 37.3 Å². The van der Waals surface area contributed by atoms with Crippen molar-refractivity contribution < 1.29 is 13.2 Å². The molecule has 6 nitrogen and oxygen atoms in total. The third-order valence-electron chi connectivity index (χ3n) is 5.10. The molecule has 2 bridgehead atoms.